The third-order valence-electron chi connectivity index (χ3n) is 14.9. The number of H-pyrrole nitrogens is 2. The number of imidazole rings is 3. The predicted octanol–water partition coefficient (Wildman–Crippen LogP) is 4.21. The quantitative estimate of drug-likeness (QED) is 0.0466. The number of aliphatic hydroxyl groups is 5. The fourth-order valence-corrected chi connectivity index (χ4v) is 11.3. The van der Waals surface area contributed by atoms with Crippen LogP contribution in [0.3, 0.4) is 0 Å². The zero-order chi connectivity index (χ0) is 59.4. The highest BCUT2D eigenvalue weighted by atomic mass is 127. The van der Waals surface area contributed by atoms with Gasteiger partial charge in [-0.05, 0) is 84.9 Å². The average molecular weight is 1320 g/mol. The van der Waals surface area contributed by atoms with Crippen LogP contribution in [0.1, 0.15) is 94.3 Å². The Bertz CT molecular complexity index is 3270. The van der Waals surface area contributed by atoms with Crippen LogP contribution in [-0.2, 0) is 23.7 Å². The van der Waals surface area contributed by atoms with E-state index in [1.165, 1.54) is 12.7 Å². The van der Waals surface area contributed by atoms with Crippen LogP contribution in [0.4, 0.5) is 22.6 Å². The Hall–Kier alpha value is -6.59. The van der Waals surface area contributed by atoms with Crippen molar-refractivity contribution in [2.75, 3.05) is 71.7 Å². The summed E-state index contributed by atoms with van der Waals surface area (Å²) in [6, 6.07) is -0.563. The zero-order valence-corrected chi connectivity index (χ0v) is 48.8. The van der Waals surface area contributed by atoms with Crippen molar-refractivity contribution in [1.82, 2.24) is 58.6 Å². The molecule has 14 N–H and O–H groups in total. The van der Waals surface area contributed by atoms with Crippen LogP contribution < -0.4 is 27.9 Å². The van der Waals surface area contributed by atoms with Crippen LogP contribution in [0.2, 0.25) is 0 Å². The number of ether oxygens (including phenoxy) is 5. The molecular formula is C56H90IN15O14. The van der Waals surface area contributed by atoms with Gasteiger partial charge in [-0.3, -0.25) is 24.9 Å². The Morgan fingerprint density at radius 1 is 0.640 bits per heavy atom. The highest BCUT2D eigenvalue weighted by Crippen LogP contribution is 2.43. The van der Waals surface area contributed by atoms with Crippen molar-refractivity contribution in [3.63, 3.8) is 0 Å². The molecule has 480 valence electrons. The van der Waals surface area contributed by atoms with Crippen LogP contribution in [0.5, 0.6) is 0 Å². The summed E-state index contributed by atoms with van der Waals surface area (Å²) in [7, 11) is 6.66. The molecule has 6 heterocycles. The molecule has 0 aliphatic heterocycles. The number of methoxy groups -OCH3 is 4. The van der Waals surface area contributed by atoms with Gasteiger partial charge < -0.3 is 79.9 Å². The average Bonchev–Trinajstić information content (AvgIpc) is 1.78. The lowest BCUT2D eigenvalue weighted by molar-refractivity contribution is 0.0375. The van der Waals surface area contributed by atoms with E-state index in [4.69, 9.17) is 35.2 Å². The molecule has 4 fully saturated rings. The molecule has 10 rings (SSSR count). The second-order valence-electron chi connectivity index (χ2n) is 21.0. The minimum absolute atomic E-state index is 0. The number of hydrogen-bond acceptors (Lipinski definition) is 22. The highest BCUT2D eigenvalue weighted by Gasteiger charge is 2.42. The number of anilines is 3. The number of aromatic amines is 2. The number of aromatic nitrogens is 12. The molecule has 86 heavy (non-hydrogen) atoms. The molecule has 4 saturated carbocycles. The second kappa shape index (κ2) is 31.9. The van der Waals surface area contributed by atoms with E-state index in [1.807, 2.05) is 4.57 Å². The van der Waals surface area contributed by atoms with Crippen molar-refractivity contribution < 1.29 is 59.5 Å². The van der Waals surface area contributed by atoms with Crippen molar-refractivity contribution in [3.05, 3.63) is 92.0 Å². The number of nitrogens with zero attached hydrogens (tertiary/aromatic N) is 10. The number of nitrogens with two attached hydrogens (primary N) is 2. The Morgan fingerprint density at radius 3 is 1.42 bits per heavy atom. The standard InChI is InChI=1S/C19H26IN5O4.2C12H15N5O3.C9H16O3.4CH4.H2O/c1-10-11(8-27-5)13(28-6)7-12(10)25-9-21-14-15(20)22-17(23-16(14)25)24-18(26)29-19(2,3)4;2*1-5-6(3-18)8(19)2-7(5)17-4-14-9-10(17)15-12(13)16-11(9)20;1-6-7(5-11-2)9(12-3)4-8(6)10;;;;;/h9,11-13H,1,7-8H2,2-6H3,(H,22,23,24,26);2*4,6-8,18-19H,1-3H2,(H3,13,15,16,20);7-10H,1,4-5H2,2-3H3;4*1H4;1H2/t11-,12-,13-;2*6-,7-,8-;7-,8+,9-;;;;;/m0000...../s1. The van der Waals surface area contributed by atoms with Gasteiger partial charge >= 0.3 is 6.09 Å². The summed E-state index contributed by atoms with van der Waals surface area (Å²) < 4.78 is 32.5. The van der Waals surface area contributed by atoms with E-state index in [1.54, 1.807) is 64.7 Å². The number of nitrogens with one attached hydrogen (secondary N) is 3. The van der Waals surface area contributed by atoms with Gasteiger partial charge in [0.1, 0.15) is 14.8 Å². The molecular weight excluding hydrogens is 1230 g/mol. The molecule has 0 spiro atoms. The predicted molar refractivity (Wildman–Crippen MR) is 337 cm³/mol. The molecule has 29 nitrogen and oxygen atoms in total. The summed E-state index contributed by atoms with van der Waals surface area (Å²) >= 11 is 2.08. The van der Waals surface area contributed by atoms with Crippen molar-refractivity contribution in [2.45, 2.75) is 130 Å². The number of amides is 1. The summed E-state index contributed by atoms with van der Waals surface area (Å²) in [4.78, 5) is 69.9. The number of nitrogen functional groups attached to an aromatic ring is 2. The fraction of sp³-hybridized carbons (Fsp3) is 0.571. The molecule has 12 atom stereocenters. The SMILES string of the molecule is C.C.C.C.C=C1[C@H](CO)[C@@H](O)C[C@@H]1n1cnc2c(=O)[nH]c(N)nc21.C=C1[C@H](CO)[C@@H](O)C[C@@H]1n1cnc2c(=O)[nH]c(N)nc21.C=C1[C@H](COC)[C@@H](OC)C[C@@H]1n1cnc2c(I)nc(NC(=O)OC(C)(C)C)nc21.C=C1[C@H](O)C[C@H](OC)[C@H]1COC.O. The van der Waals surface area contributed by atoms with Crippen molar-refractivity contribution in [1.29, 1.82) is 0 Å². The van der Waals surface area contributed by atoms with Crippen molar-refractivity contribution >= 4 is 80.0 Å². The Morgan fingerprint density at radius 2 is 1.02 bits per heavy atom. The Balaban J connectivity index is 0.000000398. The monoisotopic (exact) mass is 1320 g/mol. The molecule has 4 aliphatic rings. The molecule has 6 aromatic rings. The van der Waals surface area contributed by atoms with E-state index in [2.05, 4.69) is 99.1 Å². The maximum absolute atomic E-state index is 12.1. The topological polar surface area (TPSA) is 431 Å². The largest absolute Gasteiger partial charge is 0.444 e. The lowest BCUT2D eigenvalue weighted by Crippen LogP contribution is -2.28. The number of carbonyl (C=O) groups excluding carboxylic acids is 1. The summed E-state index contributed by atoms with van der Waals surface area (Å²) in [5.41, 5.74) is 15.3. The summed E-state index contributed by atoms with van der Waals surface area (Å²) in [6.07, 6.45) is 4.56. The van der Waals surface area contributed by atoms with Crippen LogP contribution in [-0.4, -0.2) is 187 Å². The van der Waals surface area contributed by atoms with Gasteiger partial charge in [-0.1, -0.05) is 56.0 Å². The van der Waals surface area contributed by atoms with Gasteiger partial charge in [0, 0.05) is 58.5 Å². The number of hydrogen-bond donors (Lipinski definition) is 10. The van der Waals surface area contributed by atoms with Gasteiger partial charge in [0.2, 0.25) is 17.8 Å². The van der Waals surface area contributed by atoms with Gasteiger partial charge in [-0.2, -0.15) is 15.0 Å². The van der Waals surface area contributed by atoms with E-state index in [0.717, 1.165) is 17.6 Å². The van der Waals surface area contributed by atoms with E-state index < -0.39 is 41.1 Å². The molecule has 0 aromatic carbocycles. The van der Waals surface area contributed by atoms with Gasteiger partial charge in [-0.25, -0.2) is 24.7 Å². The zero-order valence-electron chi connectivity index (χ0n) is 46.7. The smallest absolute Gasteiger partial charge is 0.414 e. The van der Waals surface area contributed by atoms with Crippen LogP contribution in [0.15, 0.2) is 77.2 Å². The summed E-state index contributed by atoms with van der Waals surface area (Å²) in [6.45, 7) is 22.1. The maximum Gasteiger partial charge on any atom is 0.414 e. The van der Waals surface area contributed by atoms with E-state index in [9.17, 15) is 39.9 Å². The molecule has 1 amide bonds. The van der Waals surface area contributed by atoms with Crippen molar-refractivity contribution in [3.8, 4) is 0 Å². The molecule has 0 unspecified atom stereocenters. The number of aliphatic hydroxyl groups excluding tert-OH is 5. The van der Waals surface area contributed by atoms with E-state index in [-0.39, 0.29) is 131 Å². The first kappa shape index (κ1) is 75.5. The van der Waals surface area contributed by atoms with Gasteiger partial charge in [-0.15, -0.1) is 0 Å². The Kier molecular flexibility index (Phi) is 28.0. The van der Waals surface area contributed by atoms with Crippen molar-refractivity contribution in [2.24, 2.45) is 23.7 Å². The highest BCUT2D eigenvalue weighted by molar-refractivity contribution is 14.1. The van der Waals surface area contributed by atoms with Crippen LogP contribution >= 0.6 is 22.6 Å². The third kappa shape index (κ3) is 16.1. The first-order valence-electron chi connectivity index (χ1n) is 25.8. The minimum Gasteiger partial charge on any atom is -0.444 e. The molecule has 0 saturated heterocycles. The third-order valence-corrected chi connectivity index (χ3v) is 15.6. The molecule has 30 heteroatoms. The summed E-state index contributed by atoms with van der Waals surface area (Å²) in [5.74, 6) is -0.339. The van der Waals surface area contributed by atoms with E-state index in [0.29, 0.717) is 69.8 Å². The van der Waals surface area contributed by atoms with Gasteiger partial charge in [0.25, 0.3) is 11.1 Å². The van der Waals surface area contributed by atoms with Gasteiger partial charge in [0.15, 0.2) is 28.0 Å². The molecule has 6 aromatic heterocycles. The lowest BCUT2D eigenvalue weighted by Gasteiger charge is -2.19. The van der Waals surface area contributed by atoms with Crippen LogP contribution in [0.25, 0.3) is 33.5 Å². The van der Waals surface area contributed by atoms with E-state index >= 15 is 0 Å². The first-order chi connectivity index (χ1) is 38.4. The maximum atomic E-state index is 12.1. The van der Waals surface area contributed by atoms with Crippen LogP contribution in [0, 0.1) is 27.4 Å². The first-order valence-corrected chi connectivity index (χ1v) is 26.9. The lowest BCUT2D eigenvalue weighted by atomic mass is 10.0. The fourth-order valence-electron chi connectivity index (χ4n) is 10.7. The second-order valence-corrected chi connectivity index (χ2v) is 22.1. The number of fused-ring (bicyclic) bond motifs is 3. The number of rotatable bonds is 12. The number of halogens is 1. The molecule has 0 radical (unpaired) electrons. The normalized spacial score (nSPS) is 24.8. The molecule has 0 bridgehead atoms. The molecule has 4 aliphatic carbocycles. The minimum atomic E-state index is -0.672. The van der Waals surface area contributed by atoms with Gasteiger partial charge in [0.05, 0.1) is 94.1 Å². The number of carbonyl (C=O) groups is 1. The summed E-state index contributed by atoms with van der Waals surface area (Å²) in [5, 5.41) is 50.5. The Labute approximate surface area is 513 Å².